The minimum atomic E-state index is -3.54. The number of hydrogen-bond acceptors (Lipinski definition) is 4. The summed E-state index contributed by atoms with van der Waals surface area (Å²) in [6.07, 6.45) is 1.98. The molecule has 2 aromatic carbocycles. The van der Waals surface area contributed by atoms with Crippen molar-refractivity contribution in [1.82, 2.24) is 5.32 Å². The first-order valence-corrected chi connectivity index (χ1v) is 11.2. The third-order valence-electron chi connectivity index (χ3n) is 3.76. The predicted molar refractivity (Wildman–Crippen MR) is 108 cm³/mol. The molecule has 0 aromatic heterocycles. The highest BCUT2D eigenvalue weighted by Gasteiger charge is 2.20. The van der Waals surface area contributed by atoms with Crippen LogP contribution in [0.3, 0.4) is 0 Å². The Bertz CT molecular complexity index is 806. The molecule has 0 unspecified atom stereocenters. The lowest BCUT2D eigenvalue weighted by molar-refractivity contribution is -0.119. The summed E-state index contributed by atoms with van der Waals surface area (Å²) in [6.45, 7) is 2.29. The number of thioether (sulfide) groups is 1. The molecule has 1 amide bonds. The van der Waals surface area contributed by atoms with Crippen LogP contribution < -0.4 is 9.62 Å². The van der Waals surface area contributed by atoms with Gasteiger partial charge in [-0.2, -0.15) is 0 Å². The minimum Gasteiger partial charge on any atom is -0.354 e. The van der Waals surface area contributed by atoms with Gasteiger partial charge < -0.3 is 5.32 Å². The van der Waals surface area contributed by atoms with Gasteiger partial charge in [-0.25, -0.2) is 8.42 Å². The first-order valence-electron chi connectivity index (χ1n) is 8.41. The fourth-order valence-corrected chi connectivity index (χ4v) is 4.01. The lowest BCUT2D eigenvalue weighted by atomic mass is 10.1. The maximum atomic E-state index is 12.2. The maximum absolute atomic E-state index is 12.2. The van der Waals surface area contributed by atoms with E-state index in [0.29, 0.717) is 12.2 Å². The average molecular weight is 393 g/mol. The summed E-state index contributed by atoms with van der Waals surface area (Å²) in [7, 11) is -3.54. The molecule has 0 aliphatic rings. The van der Waals surface area contributed by atoms with Crippen molar-refractivity contribution >= 4 is 33.4 Å². The Balaban J connectivity index is 1.90. The Morgan fingerprint density at radius 1 is 1.08 bits per heavy atom. The molecule has 1 N–H and O–H groups in total. The van der Waals surface area contributed by atoms with E-state index in [0.717, 1.165) is 33.2 Å². The molecule has 0 atom stereocenters. The first kappa shape index (κ1) is 20.3. The van der Waals surface area contributed by atoms with Crippen molar-refractivity contribution in [3.63, 3.8) is 0 Å². The summed E-state index contributed by atoms with van der Waals surface area (Å²) in [5.74, 6) is 0.406. The molecule has 0 aliphatic carbocycles. The van der Waals surface area contributed by atoms with Crippen LogP contribution in [-0.2, 0) is 21.2 Å². The van der Waals surface area contributed by atoms with Gasteiger partial charge in [-0.15, -0.1) is 11.8 Å². The Morgan fingerprint density at radius 3 is 2.31 bits per heavy atom. The van der Waals surface area contributed by atoms with Crippen molar-refractivity contribution in [2.24, 2.45) is 0 Å². The normalized spacial score (nSPS) is 11.2. The standard InChI is InChI=1S/C19H24N2O3S2/c1-3-16-9-11-17(12-10-16)21(26(2,23)24)15-19(22)20-13-14-25-18-7-5-4-6-8-18/h4-12H,3,13-15H2,1-2H3,(H,20,22). The summed E-state index contributed by atoms with van der Waals surface area (Å²) in [5, 5.41) is 2.78. The number of hydrogen-bond donors (Lipinski definition) is 1. The van der Waals surface area contributed by atoms with Crippen LogP contribution in [0.2, 0.25) is 0 Å². The molecule has 5 nitrogen and oxygen atoms in total. The molecule has 0 heterocycles. The van der Waals surface area contributed by atoms with Gasteiger partial charge in [-0.3, -0.25) is 9.10 Å². The van der Waals surface area contributed by atoms with Gasteiger partial charge in [0.1, 0.15) is 6.54 Å². The van der Waals surface area contributed by atoms with Crippen LogP contribution in [0.1, 0.15) is 12.5 Å². The van der Waals surface area contributed by atoms with Crippen molar-refractivity contribution in [2.75, 3.05) is 29.4 Å². The van der Waals surface area contributed by atoms with Crippen LogP contribution in [0.4, 0.5) is 5.69 Å². The molecule has 2 aromatic rings. The highest BCUT2D eigenvalue weighted by Crippen LogP contribution is 2.18. The topological polar surface area (TPSA) is 66.5 Å². The fourth-order valence-electron chi connectivity index (χ4n) is 2.36. The number of anilines is 1. The van der Waals surface area contributed by atoms with Crippen molar-refractivity contribution < 1.29 is 13.2 Å². The number of sulfonamides is 1. The number of carbonyl (C=O) groups excluding carboxylic acids is 1. The highest BCUT2D eigenvalue weighted by atomic mass is 32.2. The molecule has 2 rings (SSSR count). The van der Waals surface area contributed by atoms with E-state index in [4.69, 9.17) is 0 Å². The predicted octanol–water partition coefficient (Wildman–Crippen LogP) is 2.92. The largest absolute Gasteiger partial charge is 0.354 e. The molecule has 0 saturated carbocycles. The summed E-state index contributed by atoms with van der Waals surface area (Å²) in [4.78, 5) is 13.3. The van der Waals surface area contributed by atoms with E-state index in [-0.39, 0.29) is 12.5 Å². The van der Waals surface area contributed by atoms with Gasteiger partial charge in [0.15, 0.2) is 0 Å². The van der Waals surface area contributed by atoms with E-state index >= 15 is 0 Å². The SMILES string of the molecule is CCc1ccc(N(CC(=O)NCCSc2ccccc2)S(C)(=O)=O)cc1. The second-order valence-corrected chi connectivity index (χ2v) is 8.88. The van der Waals surface area contributed by atoms with Gasteiger partial charge in [0, 0.05) is 17.2 Å². The van der Waals surface area contributed by atoms with E-state index in [1.165, 1.54) is 0 Å². The quantitative estimate of drug-likeness (QED) is 0.526. The molecule has 0 bridgehead atoms. The molecule has 0 radical (unpaired) electrons. The minimum absolute atomic E-state index is 0.222. The Kier molecular flexibility index (Phi) is 7.53. The van der Waals surface area contributed by atoms with Gasteiger partial charge in [-0.1, -0.05) is 37.3 Å². The van der Waals surface area contributed by atoms with E-state index in [9.17, 15) is 13.2 Å². The molecule has 0 spiro atoms. The second-order valence-electron chi connectivity index (χ2n) is 5.80. The third kappa shape index (κ3) is 6.38. The number of benzene rings is 2. The van der Waals surface area contributed by atoms with Crippen LogP contribution in [-0.4, -0.2) is 39.4 Å². The summed E-state index contributed by atoms with van der Waals surface area (Å²) >= 11 is 1.64. The van der Waals surface area contributed by atoms with E-state index in [1.807, 2.05) is 49.4 Å². The summed E-state index contributed by atoms with van der Waals surface area (Å²) in [5.41, 5.74) is 1.61. The molecule has 7 heteroatoms. The van der Waals surface area contributed by atoms with Crippen molar-refractivity contribution in [3.05, 3.63) is 60.2 Å². The van der Waals surface area contributed by atoms with Crippen molar-refractivity contribution in [1.29, 1.82) is 0 Å². The number of rotatable bonds is 9. The lowest BCUT2D eigenvalue weighted by Crippen LogP contribution is -2.41. The molecule has 0 saturated heterocycles. The van der Waals surface area contributed by atoms with Gasteiger partial charge in [0.2, 0.25) is 15.9 Å². The Labute approximate surface area is 159 Å². The maximum Gasteiger partial charge on any atom is 0.240 e. The number of amides is 1. The van der Waals surface area contributed by atoms with E-state index in [1.54, 1.807) is 23.9 Å². The van der Waals surface area contributed by atoms with Crippen LogP contribution in [0.25, 0.3) is 0 Å². The zero-order valence-corrected chi connectivity index (χ0v) is 16.6. The second kappa shape index (κ2) is 9.64. The molecule has 0 fully saturated rings. The number of nitrogens with one attached hydrogen (secondary N) is 1. The lowest BCUT2D eigenvalue weighted by Gasteiger charge is -2.22. The Hall–Kier alpha value is -1.99. The van der Waals surface area contributed by atoms with Gasteiger partial charge in [0.25, 0.3) is 0 Å². The molecular formula is C19H24N2O3S2. The summed E-state index contributed by atoms with van der Waals surface area (Å²) in [6, 6.07) is 17.1. The number of aryl methyl sites for hydroxylation is 1. The monoisotopic (exact) mass is 392 g/mol. The van der Waals surface area contributed by atoms with E-state index in [2.05, 4.69) is 5.32 Å². The van der Waals surface area contributed by atoms with Crippen LogP contribution in [0.5, 0.6) is 0 Å². The zero-order chi connectivity index (χ0) is 19.0. The fraction of sp³-hybridized carbons (Fsp3) is 0.316. The number of carbonyl (C=O) groups is 1. The summed E-state index contributed by atoms with van der Waals surface area (Å²) < 4.78 is 25.3. The van der Waals surface area contributed by atoms with Crippen LogP contribution in [0, 0.1) is 0 Å². The van der Waals surface area contributed by atoms with Gasteiger partial charge >= 0.3 is 0 Å². The van der Waals surface area contributed by atoms with Gasteiger partial charge in [-0.05, 0) is 36.2 Å². The van der Waals surface area contributed by atoms with Crippen molar-refractivity contribution in [3.8, 4) is 0 Å². The van der Waals surface area contributed by atoms with Crippen LogP contribution in [0.15, 0.2) is 59.5 Å². The number of nitrogens with zero attached hydrogens (tertiary/aromatic N) is 1. The highest BCUT2D eigenvalue weighted by molar-refractivity contribution is 7.99. The Morgan fingerprint density at radius 2 is 1.73 bits per heavy atom. The molecule has 140 valence electrons. The molecule has 0 aliphatic heterocycles. The average Bonchev–Trinajstić information content (AvgIpc) is 2.63. The van der Waals surface area contributed by atoms with E-state index < -0.39 is 10.0 Å². The first-order chi connectivity index (χ1) is 12.4. The van der Waals surface area contributed by atoms with Crippen molar-refractivity contribution in [2.45, 2.75) is 18.2 Å². The van der Waals surface area contributed by atoms with Crippen LogP contribution >= 0.6 is 11.8 Å². The smallest absolute Gasteiger partial charge is 0.240 e. The zero-order valence-electron chi connectivity index (χ0n) is 15.0. The molecular weight excluding hydrogens is 368 g/mol. The third-order valence-corrected chi connectivity index (χ3v) is 5.91. The van der Waals surface area contributed by atoms with Gasteiger partial charge in [0.05, 0.1) is 11.9 Å². The molecule has 26 heavy (non-hydrogen) atoms.